The van der Waals surface area contributed by atoms with E-state index in [-0.39, 0.29) is 0 Å². The maximum Gasteiger partial charge on any atom is 0.229 e. The topological polar surface area (TPSA) is 60.6 Å². The minimum absolute atomic E-state index is 0.308. The normalized spacial score (nSPS) is 29.5. The summed E-state index contributed by atoms with van der Waals surface area (Å²) in [4.78, 5) is 7.04. The van der Waals surface area contributed by atoms with Crippen molar-refractivity contribution in [1.82, 2.24) is 15.0 Å². The predicted molar refractivity (Wildman–Crippen MR) is 79.6 cm³/mol. The minimum atomic E-state index is 0.308. The van der Waals surface area contributed by atoms with E-state index in [2.05, 4.69) is 15.0 Å². The Morgan fingerprint density at radius 2 is 2.14 bits per heavy atom. The molecule has 0 aromatic carbocycles. The van der Waals surface area contributed by atoms with Gasteiger partial charge in [0.15, 0.2) is 5.82 Å². The Hall–Kier alpha value is -0.980. The Bertz CT molecular complexity index is 483. The predicted octanol–water partition coefficient (Wildman–Crippen LogP) is 2.28. The second-order valence-electron chi connectivity index (χ2n) is 6.67. The molecule has 1 aromatic heterocycles. The maximum absolute atomic E-state index is 5.79. The number of hydrogen-bond donors (Lipinski definition) is 0. The first-order valence-electron chi connectivity index (χ1n) is 8.67. The standard InChI is InChI=1S/C16H25N3O3/c1-4-14(15-17-16(22-18-15)12-5-6-12)19(7-1)8-10-20-11-13-3-2-9-21-13/h12-14H,1-11H2/t13-,14-/m0/s1. The molecule has 1 aromatic rings. The number of aromatic nitrogens is 2. The molecule has 6 nitrogen and oxygen atoms in total. The molecule has 3 fully saturated rings. The first-order chi connectivity index (χ1) is 10.9. The van der Waals surface area contributed by atoms with Crippen LogP contribution in [0.1, 0.15) is 62.2 Å². The number of rotatable bonds is 7. The van der Waals surface area contributed by atoms with Crippen molar-refractivity contribution in [3.8, 4) is 0 Å². The molecule has 0 radical (unpaired) electrons. The van der Waals surface area contributed by atoms with Crippen molar-refractivity contribution in [2.75, 3.05) is 32.9 Å². The molecule has 0 amide bonds. The summed E-state index contributed by atoms with van der Waals surface area (Å²) in [6.07, 6.45) is 7.34. The largest absolute Gasteiger partial charge is 0.377 e. The molecule has 0 unspecified atom stereocenters. The van der Waals surface area contributed by atoms with Gasteiger partial charge in [0.1, 0.15) is 0 Å². The lowest BCUT2D eigenvalue weighted by molar-refractivity contribution is 0.00920. The molecular formula is C16H25N3O3. The highest BCUT2D eigenvalue weighted by molar-refractivity contribution is 5.05. The van der Waals surface area contributed by atoms with Gasteiger partial charge >= 0.3 is 0 Å². The van der Waals surface area contributed by atoms with E-state index in [1.807, 2.05) is 0 Å². The van der Waals surface area contributed by atoms with E-state index < -0.39 is 0 Å². The molecular weight excluding hydrogens is 282 g/mol. The van der Waals surface area contributed by atoms with Gasteiger partial charge in [0.05, 0.1) is 25.4 Å². The molecule has 1 saturated carbocycles. The summed E-state index contributed by atoms with van der Waals surface area (Å²) in [6.45, 7) is 4.41. The summed E-state index contributed by atoms with van der Waals surface area (Å²) in [5.74, 6) is 2.25. The van der Waals surface area contributed by atoms with Crippen LogP contribution in [0.4, 0.5) is 0 Å². The minimum Gasteiger partial charge on any atom is -0.377 e. The van der Waals surface area contributed by atoms with Crippen LogP contribution >= 0.6 is 0 Å². The van der Waals surface area contributed by atoms with Gasteiger partial charge in [-0.05, 0) is 45.1 Å². The van der Waals surface area contributed by atoms with Gasteiger partial charge in [0, 0.05) is 19.1 Å². The lowest BCUT2D eigenvalue weighted by Crippen LogP contribution is -2.29. The van der Waals surface area contributed by atoms with Gasteiger partial charge in [-0.15, -0.1) is 0 Å². The molecule has 2 aliphatic heterocycles. The van der Waals surface area contributed by atoms with Crippen LogP contribution in [0.15, 0.2) is 4.52 Å². The summed E-state index contributed by atoms with van der Waals surface area (Å²) < 4.78 is 16.8. The molecule has 4 rings (SSSR count). The summed E-state index contributed by atoms with van der Waals surface area (Å²) >= 11 is 0. The highest BCUT2D eigenvalue weighted by atomic mass is 16.5. The monoisotopic (exact) mass is 307 g/mol. The number of ether oxygens (including phenoxy) is 2. The van der Waals surface area contributed by atoms with Gasteiger partial charge in [-0.25, -0.2) is 0 Å². The average Bonchev–Trinajstić information content (AvgIpc) is 3.00. The summed E-state index contributed by atoms with van der Waals surface area (Å²) in [5, 5.41) is 4.21. The number of likely N-dealkylation sites (tertiary alicyclic amines) is 1. The van der Waals surface area contributed by atoms with Crippen molar-refractivity contribution in [3.05, 3.63) is 11.7 Å². The molecule has 0 bridgehead atoms. The van der Waals surface area contributed by atoms with Crippen LogP contribution in [-0.4, -0.2) is 54.1 Å². The molecule has 3 heterocycles. The third kappa shape index (κ3) is 3.34. The Kier molecular flexibility index (Phi) is 4.41. The zero-order chi connectivity index (χ0) is 14.8. The fourth-order valence-corrected chi connectivity index (χ4v) is 3.44. The summed E-state index contributed by atoms with van der Waals surface area (Å²) in [5.41, 5.74) is 0. The van der Waals surface area contributed by atoms with Gasteiger partial charge in [0.2, 0.25) is 5.89 Å². The lowest BCUT2D eigenvalue weighted by atomic mass is 10.2. The zero-order valence-electron chi connectivity index (χ0n) is 13.1. The fraction of sp³-hybridized carbons (Fsp3) is 0.875. The van der Waals surface area contributed by atoms with Crippen LogP contribution in [-0.2, 0) is 9.47 Å². The van der Waals surface area contributed by atoms with Crippen LogP contribution in [0.2, 0.25) is 0 Å². The molecule has 6 heteroatoms. The Morgan fingerprint density at radius 3 is 2.95 bits per heavy atom. The van der Waals surface area contributed by atoms with Crippen LogP contribution in [0.3, 0.4) is 0 Å². The average molecular weight is 307 g/mol. The second-order valence-corrected chi connectivity index (χ2v) is 6.67. The first kappa shape index (κ1) is 14.6. The highest BCUT2D eigenvalue weighted by Gasteiger charge is 2.34. The Morgan fingerprint density at radius 1 is 1.18 bits per heavy atom. The van der Waals surface area contributed by atoms with Gasteiger partial charge in [0.25, 0.3) is 0 Å². The SMILES string of the molecule is C1CO[C@H](COCCN2CCC[C@H]2c2noc(C3CC3)n2)C1. The first-order valence-corrected chi connectivity index (χ1v) is 8.67. The van der Waals surface area contributed by atoms with Gasteiger partial charge in [-0.1, -0.05) is 5.16 Å². The van der Waals surface area contributed by atoms with E-state index in [9.17, 15) is 0 Å². The van der Waals surface area contributed by atoms with Crippen LogP contribution < -0.4 is 0 Å². The van der Waals surface area contributed by atoms with Crippen molar-refractivity contribution < 1.29 is 14.0 Å². The molecule has 122 valence electrons. The van der Waals surface area contributed by atoms with E-state index in [1.54, 1.807) is 0 Å². The molecule has 0 spiro atoms. The molecule has 2 saturated heterocycles. The lowest BCUT2D eigenvalue weighted by Gasteiger charge is -2.22. The van der Waals surface area contributed by atoms with E-state index in [4.69, 9.17) is 14.0 Å². The van der Waals surface area contributed by atoms with E-state index in [0.29, 0.717) is 18.1 Å². The molecule has 3 aliphatic rings. The van der Waals surface area contributed by atoms with E-state index in [1.165, 1.54) is 25.7 Å². The maximum atomic E-state index is 5.79. The number of nitrogens with zero attached hydrogens (tertiary/aromatic N) is 3. The number of hydrogen-bond acceptors (Lipinski definition) is 6. The van der Waals surface area contributed by atoms with E-state index >= 15 is 0 Å². The molecule has 1 aliphatic carbocycles. The van der Waals surface area contributed by atoms with Gasteiger partial charge in [-0.3, -0.25) is 4.90 Å². The smallest absolute Gasteiger partial charge is 0.229 e. The Balaban J connectivity index is 1.25. The summed E-state index contributed by atoms with van der Waals surface area (Å²) in [6, 6.07) is 0.308. The van der Waals surface area contributed by atoms with Gasteiger partial charge < -0.3 is 14.0 Å². The highest BCUT2D eigenvalue weighted by Crippen LogP contribution is 2.40. The van der Waals surface area contributed by atoms with Crippen molar-refractivity contribution in [2.24, 2.45) is 0 Å². The van der Waals surface area contributed by atoms with Crippen molar-refractivity contribution in [3.63, 3.8) is 0 Å². The summed E-state index contributed by atoms with van der Waals surface area (Å²) in [7, 11) is 0. The van der Waals surface area contributed by atoms with Crippen LogP contribution in [0.25, 0.3) is 0 Å². The van der Waals surface area contributed by atoms with Crippen molar-refractivity contribution in [1.29, 1.82) is 0 Å². The van der Waals surface area contributed by atoms with E-state index in [0.717, 1.165) is 57.5 Å². The Labute approximate surface area is 131 Å². The molecule has 22 heavy (non-hydrogen) atoms. The second kappa shape index (κ2) is 6.64. The van der Waals surface area contributed by atoms with Gasteiger partial charge in [-0.2, -0.15) is 4.98 Å². The fourth-order valence-electron chi connectivity index (χ4n) is 3.44. The molecule has 0 N–H and O–H groups in total. The van der Waals surface area contributed by atoms with Crippen molar-refractivity contribution >= 4 is 0 Å². The quantitative estimate of drug-likeness (QED) is 0.720. The van der Waals surface area contributed by atoms with Crippen molar-refractivity contribution in [2.45, 2.75) is 56.6 Å². The third-order valence-corrected chi connectivity index (χ3v) is 4.90. The third-order valence-electron chi connectivity index (χ3n) is 4.90. The van der Waals surface area contributed by atoms with Crippen LogP contribution in [0, 0.1) is 0 Å². The van der Waals surface area contributed by atoms with Crippen LogP contribution in [0.5, 0.6) is 0 Å². The zero-order valence-corrected chi connectivity index (χ0v) is 13.1. The molecule has 2 atom stereocenters.